The quantitative estimate of drug-likeness (QED) is 0.668. The third-order valence-corrected chi connectivity index (χ3v) is 4.66. The lowest BCUT2D eigenvalue weighted by molar-refractivity contribution is 0.688. The molecule has 0 amide bonds. The third kappa shape index (κ3) is 1.84. The first-order valence-corrected chi connectivity index (χ1v) is 6.31. The first kappa shape index (κ1) is 8.30. The Morgan fingerprint density at radius 2 is 2.30 bits per heavy atom. The number of hydrogen-bond donors (Lipinski definition) is 0. The summed E-state index contributed by atoms with van der Waals surface area (Å²) in [5.74, 6) is 0. The Hall–Kier alpha value is 0.200. The van der Waals surface area contributed by atoms with E-state index in [4.69, 9.17) is 0 Å². The average Bonchev–Trinajstić information content (AvgIpc) is 2.34. The van der Waals surface area contributed by atoms with Gasteiger partial charge in [-0.2, -0.15) is 0 Å². The van der Waals surface area contributed by atoms with Gasteiger partial charge in [0.05, 0.1) is 19.2 Å². The summed E-state index contributed by atoms with van der Waals surface area (Å²) in [7, 11) is -0.805. The van der Waals surface area contributed by atoms with Gasteiger partial charge in [-0.15, -0.1) is 23.1 Å². The lowest BCUT2D eigenvalue weighted by Crippen LogP contribution is -1.78. The molecule has 0 saturated carbocycles. The number of rotatable bonds is 2. The van der Waals surface area contributed by atoms with E-state index in [1.165, 1.54) is 4.21 Å². The predicted octanol–water partition coefficient (Wildman–Crippen LogP) is 2.21. The summed E-state index contributed by atoms with van der Waals surface area (Å²) in [6.45, 7) is 0. The first-order chi connectivity index (χ1) is 4.74. The average molecular weight is 192 g/mol. The van der Waals surface area contributed by atoms with Crippen molar-refractivity contribution in [2.45, 2.75) is 8.42 Å². The van der Waals surface area contributed by atoms with Crippen LogP contribution in [0.4, 0.5) is 0 Å². The fourth-order valence-electron chi connectivity index (χ4n) is 0.567. The van der Waals surface area contributed by atoms with Crippen molar-refractivity contribution < 1.29 is 4.21 Å². The summed E-state index contributed by atoms with van der Waals surface area (Å²) in [6, 6.07) is 3.93. The second-order valence-electron chi connectivity index (χ2n) is 1.73. The van der Waals surface area contributed by atoms with E-state index in [2.05, 4.69) is 0 Å². The first-order valence-electron chi connectivity index (χ1n) is 2.71. The fraction of sp³-hybridized carbons (Fsp3) is 0.333. The lowest BCUT2D eigenvalue weighted by atomic mass is 10.7. The van der Waals surface area contributed by atoms with E-state index in [0.717, 1.165) is 4.21 Å². The molecule has 0 saturated heterocycles. The molecule has 56 valence electrons. The molecule has 1 aromatic rings. The van der Waals surface area contributed by atoms with Gasteiger partial charge in [0, 0.05) is 6.26 Å². The van der Waals surface area contributed by atoms with Gasteiger partial charge in [-0.3, -0.25) is 4.21 Å². The summed E-state index contributed by atoms with van der Waals surface area (Å²) in [4.78, 5) is 0. The smallest absolute Gasteiger partial charge is 0.0919 e. The van der Waals surface area contributed by atoms with E-state index < -0.39 is 10.8 Å². The van der Waals surface area contributed by atoms with Crippen LogP contribution in [0.5, 0.6) is 0 Å². The molecule has 1 atom stereocenters. The minimum atomic E-state index is -0.805. The van der Waals surface area contributed by atoms with Crippen LogP contribution in [-0.2, 0) is 10.8 Å². The van der Waals surface area contributed by atoms with Crippen molar-refractivity contribution in [3.8, 4) is 0 Å². The maximum atomic E-state index is 10.9. The molecule has 0 N–H and O–H groups in total. The Kier molecular flexibility index (Phi) is 2.95. The van der Waals surface area contributed by atoms with Crippen LogP contribution < -0.4 is 0 Å². The molecule has 0 radical (unpaired) electrons. The molecule has 1 aromatic heterocycles. The van der Waals surface area contributed by atoms with Crippen LogP contribution in [0.25, 0.3) is 0 Å². The summed E-state index contributed by atoms with van der Waals surface area (Å²) < 4.78 is 13.1. The van der Waals surface area contributed by atoms with Crippen LogP contribution in [0.3, 0.4) is 0 Å². The van der Waals surface area contributed by atoms with E-state index in [9.17, 15) is 4.21 Å². The maximum absolute atomic E-state index is 10.9. The predicted molar refractivity (Wildman–Crippen MR) is 48.4 cm³/mol. The van der Waals surface area contributed by atoms with Gasteiger partial charge in [0.25, 0.3) is 0 Å². The van der Waals surface area contributed by atoms with Crippen molar-refractivity contribution in [1.82, 2.24) is 0 Å². The molecule has 0 aromatic carbocycles. The van der Waals surface area contributed by atoms with Gasteiger partial charge in [-0.05, 0) is 18.4 Å². The van der Waals surface area contributed by atoms with Crippen molar-refractivity contribution in [3.63, 3.8) is 0 Å². The fourth-order valence-corrected chi connectivity index (χ4v) is 3.00. The minimum Gasteiger partial charge on any atom is -0.254 e. The van der Waals surface area contributed by atoms with Gasteiger partial charge in [-0.25, -0.2) is 0 Å². The Balaban J connectivity index is 2.88. The number of thioether (sulfide) groups is 1. The highest BCUT2D eigenvalue weighted by atomic mass is 32.2. The molecule has 0 bridgehead atoms. The zero-order chi connectivity index (χ0) is 7.56. The van der Waals surface area contributed by atoms with Crippen molar-refractivity contribution in [3.05, 3.63) is 12.1 Å². The Morgan fingerprint density at radius 3 is 2.60 bits per heavy atom. The molecule has 1 unspecified atom stereocenters. The van der Waals surface area contributed by atoms with Crippen LogP contribution in [0.1, 0.15) is 0 Å². The topological polar surface area (TPSA) is 17.1 Å². The van der Waals surface area contributed by atoms with Crippen LogP contribution in [0, 0.1) is 0 Å². The molecule has 0 aliphatic carbocycles. The lowest BCUT2D eigenvalue weighted by Gasteiger charge is -1.85. The summed E-state index contributed by atoms with van der Waals surface area (Å²) in [5, 5.41) is 0. The second kappa shape index (κ2) is 3.55. The van der Waals surface area contributed by atoms with E-state index in [1.807, 2.05) is 18.4 Å². The molecule has 0 spiro atoms. The Labute approximate surface area is 71.3 Å². The highest BCUT2D eigenvalue weighted by Crippen LogP contribution is 2.26. The molecule has 0 aliphatic heterocycles. The molecule has 10 heavy (non-hydrogen) atoms. The summed E-state index contributed by atoms with van der Waals surface area (Å²) in [5.41, 5.74) is 0. The SMILES string of the molecule is CSc1ccc(S(C)=O)s1. The van der Waals surface area contributed by atoms with Crippen LogP contribution in [0.2, 0.25) is 0 Å². The van der Waals surface area contributed by atoms with Gasteiger partial charge >= 0.3 is 0 Å². The monoisotopic (exact) mass is 192 g/mol. The summed E-state index contributed by atoms with van der Waals surface area (Å²) in [6.07, 6.45) is 3.73. The highest BCUT2D eigenvalue weighted by Gasteiger charge is 2.00. The maximum Gasteiger partial charge on any atom is 0.0919 e. The van der Waals surface area contributed by atoms with E-state index in [-0.39, 0.29) is 0 Å². The standard InChI is InChI=1S/C6H8OS3/c1-8-5-3-4-6(9-5)10(2)7/h3-4H,1-2H3. The van der Waals surface area contributed by atoms with Gasteiger partial charge < -0.3 is 0 Å². The van der Waals surface area contributed by atoms with Crippen molar-refractivity contribution in [2.24, 2.45) is 0 Å². The van der Waals surface area contributed by atoms with Crippen LogP contribution >= 0.6 is 23.1 Å². The zero-order valence-corrected chi connectivity index (χ0v) is 8.24. The normalized spacial score (nSPS) is 13.4. The Bertz CT molecular complexity index is 241. The highest BCUT2D eigenvalue weighted by molar-refractivity contribution is 8.00. The molecular weight excluding hydrogens is 184 g/mol. The van der Waals surface area contributed by atoms with Crippen molar-refractivity contribution in [2.75, 3.05) is 12.5 Å². The van der Waals surface area contributed by atoms with Crippen molar-refractivity contribution in [1.29, 1.82) is 0 Å². The van der Waals surface area contributed by atoms with Gasteiger partial charge in [-0.1, -0.05) is 0 Å². The third-order valence-electron chi connectivity index (χ3n) is 1.04. The molecule has 4 heteroatoms. The summed E-state index contributed by atoms with van der Waals surface area (Å²) >= 11 is 3.29. The zero-order valence-electron chi connectivity index (χ0n) is 5.79. The second-order valence-corrected chi connectivity index (χ2v) is 5.53. The number of hydrogen-bond acceptors (Lipinski definition) is 3. The number of thiophene rings is 1. The van der Waals surface area contributed by atoms with Crippen LogP contribution in [-0.4, -0.2) is 16.7 Å². The van der Waals surface area contributed by atoms with E-state index >= 15 is 0 Å². The van der Waals surface area contributed by atoms with Crippen LogP contribution in [0.15, 0.2) is 20.6 Å². The Morgan fingerprint density at radius 1 is 1.60 bits per heavy atom. The van der Waals surface area contributed by atoms with E-state index in [1.54, 1.807) is 29.4 Å². The largest absolute Gasteiger partial charge is 0.254 e. The van der Waals surface area contributed by atoms with E-state index in [0.29, 0.717) is 0 Å². The molecule has 0 aliphatic rings. The molecular formula is C6H8OS3. The molecule has 1 heterocycles. The molecule has 0 fully saturated rings. The molecule has 1 rings (SSSR count). The molecule has 1 nitrogen and oxygen atoms in total. The van der Waals surface area contributed by atoms with Crippen molar-refractivity contribution >= 4 is 33.9 Å². The van der Waals surface area contributed by atoms with Gasteiger partial charge in [0.15, 0.2) is 0 Å². The van der Waals surface area contributed by atoms with Gasteiger partial charge in [0.1, 0.15) is 0 Å². The van der Waals surface area contributed by atoms with Gasteiger partial charge in [0.2, 0.25) is 0 Å². The minimum absolute atomic E-state index is 0.805.